The summed E-state index contributed by atoms with van der Waals surface area (Å²) in [4.78, 5) is 55.4. The summed E-state index contributed by atoms with van der Waals surface area (Å²) in [7, 11) is 3.34. The minimum atomic E-state index is -0.717. The molecule has 1 aromatic carbocycles. The van der Waals surface area contributed by atoms with E-state index in [9.17, 15) is 23.6 Å². The first-order valence-corrected chi connectivity index (χ1v) is 19.9. The van der Waals surface area contributed by atoms with E-state index in [1.165, 1.54) is 0 Å². The van der Waals surface area contributed by atoms with E-state index in [4.69, 9.17) is 28.1 Å². The monoisotopic (exact) mass is 773 g/mol. The van der Waals surface area contributed by atoms with Crippen LogP contribution < -0.4 is 10.6 Å². The van der Waals surface area contributed by atoms with Crippen LogP contribution in [0.3, 0.4) is 0 Å². The zero-order chi connectivity index (χ0) is 39.5. The summed E-state index contributed by atoms with van der Waals surface area (Å²) in [6.07, 6.45) is 6.79. The standard InChI is InChI=1S/C41H60FN3O10/c1-41(2,3)55-40(49)44-33(25-42)27-7-9-28(10-8-27)38(47)45-18-17-32(26-11-14-31(51-5)15-12-26)36(45)37(46)43-30-13-16-34-29(23-30)24-35(54-34)39(48)53-20-6-19-52-22-21-50-4/h13,16,23-24,26-28,31-33,36H,6-12,14-15,17-22,25H2,1-5H3,(H,43,46)(H,44,49)/t26?,27?,28?,31?,32-,33-,36-/m1/s1. The molecule has 14 heteroatoms. The topological polar surface area (TPSA) is 155 Å². The van der Waals surface area contributed by atoms with Gasteiger partial charge in [0.2, 0.25) is 17.6 Å². The van der Waals surface area contributed by atoms with Gasteiger partial charge < -0.3 is 43.6 Å². The Morgan fingerprint density at radius 3 is 2.35 bits per heavy atom. The normalized spacial score (nSPS) is 25.0. The zero-order valence-electron chi connectivity index (χ0n) is 33.1. The fourth-order valence-corrected chi connectivity index (χ4v) is 8.47. The second-order valence-corrected chi connectivity index (χ2v) is 16.2. The van der Waals surface area contributed by atoms with Gasteiger partial charge in [-0.2, -0.15) is 0 Å². The van der Waals surface area contributed by atoms with Crippen LogP contribution in [0.1, 0.15) is 95.5 Å². The number of carbonyl (C=O) groups is 4. The van der Waals surface area contributed by atoms with Gasteiger partial charge in [-0.15, -0.1) is 0 Å². The van der Waals surface area contributed by atoms with E-state index in [-0.39, 0.29) is 54.0 Å². The third-order valence-corrected chi connectivity index (χ3v) is 11.3. The average Bonchev–Trinajstić information content (AvgIpc) is 3.81. The lowest BCUT2D eigenvalue weighted by atomic mass is 9.75. The molecule has 3 aliphatic rings. The number of ether oxygens (including phenoxy) is 5. The Hall–Kier alpha value is -3.75. The van der Waals surface area contributed by atoms with Crippen LogP contribution in [-0.2, 0) is 33.3 Å². The summed E-state index contributed by atoms with van der Waals surface area (Å²) in [6.45, 7) is 6.64. The van der Waals surface area contributed by atoms with Gasteiger partial charge in [0.05, 0.1) is 32.0 Å². The van der Waals surface area contributed by atoms with Gasteiger partial charge in [-0.05, 0) is 121 Å². The number of alkyl carbamates (subject to hydrolysis) is 1. The first-order chi connectivity index (χ1) is 26.4. The number of halogens is 1. The number of rotatable bonds is 16. The summed E-state index contributed by atoms with van der Waals surface area (Å²) in [6, 6.07) is 5.44. The molecule has 1 aliphatic heterocycles. The highest BCUT2D eigenvalue weighted by Crippen LogP contribution is 2.42. The number of alkyl halides is 1. The highest BCUT2D eigenvalue weighted by atomic mass is 19.1. The number of amides is 3. The van der Waals surface area contributed by atoms with Crippen molar-refractivity contribution >= 4 is 40.5 Å². The quantitative estimate of drug-likeness (QED) is 0.140. The Morgan fingerprint density at radius 2 is 1.67 bits per heavy atom. The maximum absolute atomic E-state index is 14.3. The predicted molar refractivity (Wildman–Crippen MR) is 203 cm³/mol. The van der Waals surface area contributed by atoms with E-state index in [2.05, 4.69) is 10.6 Å². The second-order valence-electron chi connectivity index (χ2n) is 16.2. The molecule has 55 heavy (non-hydrogen) atoms. The molecule has 2 saturated carbocycles. The number of furan rings is 1. The number of anilines is 1. The molecular formula is C41H60FN3O10. The summed E-state index contributed by atoms with van der Waals surface area (Å²) in [5.74, 6) is -0.942. The molecule has 2 aliphatic carbocycles. The molecule has 2 heterocycles. The molecule has 1 saturated heterocycles. The van der Waals surface area contributed by atoms with Gasteiger partial charge >= 0.3 is 12.1 Å². The molecule has 0 bridgehead atoms. The summed E-state index contributed by atoms with van der Waals surface area (Å²) in [5, 5.41) is 6.41. The molecule has 2 aromatic rings. The number of carbonyl (C=O) groups excluding carboxylic acids is 4. The highest BCUT2D eigenvalue weighted by molar-refractivity contribution is 6.00. The van der Waals surface area contributed by atoms with Gasteiger partial charge in [-0.25, -0.2) is 14.0 Å². The van der Waals surface area contributed by atoms with Crippen LogP contribution in [0.15, 0.2) is 28.7 Å². The molecule has 5 rings (SSSR count). The van der Waals surface area contributed by atoms with Crippen LogP contribution in [0.25, 0.3) is 11.0 Å². The Kier molecular flexibility index (Phi) is 15.3. The maximum Gasteiger partial charge on any atom is 0.407 e. The lowest BCUT2D eigenvalue weighted by Crippen LogP contribution is -2.50. The molecule has 0 spiro atoms. The van der Waals surface area contributed by atoms with Crippen LogP contribution in [0.4, 0.5) is 14.9 Å². The van der Waals surface area contributed by atoms with E-state index in [1.54, 1.807) is 64.2 Å². The summed E-state index contributed by atoms with van der Waals surface area (Å²) >= 11 is 0. The third-order valence-electron chi connectivity index (χ3n) is 11.3. The Bertz CT molecular complexity index is 1580. The van der Waals surface area contributed by atoms with Gasteiger partial charge in [0.15, 0.2) is 0 Å². The molecule has 0 radical (unpaired) electrons. The molecular weight excluding hydrogens is 713 g/mol. The molecule has 1 aromatic heterocycles. The molecule has 3 amide bonds. The van der Waals surface area contributed by atoms with Crippen molar-refractivity contribution in [3.05, 3.63) is 30.0 Å². The molecule has 2 N–H and O–H groups in total. The molecule has 3 fully saturated rings. The largest absolute Gasteiger partial charge is 0.460 e. The van der Waals surface area contributed by atoms with Crippen molar-refractivity contribution in [3.63, 3.8) is 0 Å². The Labute approximate surface area is 323 Å². The average molecular weight is 774 g/mol. The SMILES string of the molecule is COCCOCCCOC(=O)c1cc2cc(NC(=O)[C@H]3[C@@H](C4CCC(OC)CC4)CCN3C(=O)C3CCC([C@@H](CF)NC(=O)OC(C)(C)C)CC3)ccc2o1. The van der Waals surface area contributed by atoms with E-state index >= 15 is 0 Å². The Balaban J connectivity index is 1.23. The van der Waals surface area contributed by atoms with Crippen LogP contribution in [0.5, 0.6) is 0 Å². The fraction of sp³-hybridized carbons (Fsp3) is 0.707. The summed E-state index contributed by atoms with van der Waals surface area (Å²) in [5.41, 5.74) is 0.314. The van der Waals surface area contributed by atoms with Crippen LogP contribution >= 0.6 is 0 Å². The van der Waals surface area contributed by atoms with Crippen molar-refractivity contribution < 1.29 is 51.7 Å². The van der Waals surface area contributed by atoms with Gasteiger partial charge in [-0.1, -0.05) is 0 Å². The Morgan fingerprint density at radius 1 is 0.927 bits per heavy atom. The molecule has 306 valence electrons. The van der Waals surface area contributed by atoms with Crippen LogP contribution in [0.2, 0.25) is 0 Å². The zero-order valence-corrected chi connectivity index (χ0v) is 33.1. The minimum absolute atomic E-state index is 0.00329. The third kappa shape index (κ3) is 11.6. The fourth-order valence-electron chi connectivity index (χ4n) is 8.47. The number of hydrogen-bond donors (Lipinski definition) is 2. The number of methoxy groups -OCH3 is 2. The number of nitrogens with zero attached hydrogens (tertiary/aromatic N) is 1. The number of benzene rings is 1. The smallest absolute Gasteiger partial charge is 0.407 e. The van der Waals surface area contributed by atoms with Crippen molar-refractivity contribution in [1.82, 2.24) is 10.2 Å². The molecule has 13 nitrogen and oxygen atoms in total. The van der Waals surface area contributed by atoms with Gasteiger partial charge in [0.25, 0.3) is 0 Å². The minimum Gasteiger partial charge on any atom is -0.460 e. The van der Waals surface area contributed by atoms with Crippen molar-refractivity contribution in [2.75, 3.05) is 59.2 Å². The number of nitrogens with one attached hydrogen (secondary N) is 2. The van der Waals surface area contributed by atoms with Crippen molar-refractivity contribution in [1.29, 1.82) is 0 Å². The van der Waals surface area contributed by atoms with Gasteiger partial charge in [0.1, 0.15) is 23.9 Å². The lowest BCUT2D eigenvalue weighted by Gasteiger charge is -2.38. The first-order valence-electron chi connectivity index (χ1n) is 19.9. The molecule has 3 atom stereocenters. The number of hydrogen-bond acceptors (Lipinski definition) is 10. The van der Waals surface area contributed by atoms with E-state index < -0.39 is 36.4 Å². The number of likely N-dealkylation sites (tertiary alicyclic amines) is 1. The van der Waals surface area contributed by atoms with Gasteiger partial charge in [0, 0.05) is 50.8 Å². The highest BCUT2D eigenvalue weighted by Gasteiger charge is 2.47. The molecule has 0 unspecified atom stereocenters. The number of esters is 1. The van der Waals surface area contributed by atoms with Crippen molar-refractivity contribution in [2.24, 2.45) is 23.7 Å². The maximum atomic E-state index is 14.3. The van der Waals surface area contributed by atoms with E-state index in [0.717, 1.165) is 32.1 Å². The lowest BCUT2D eigenvalue weighted by molar-refractivity contribution is -0.142. The van der Waals surface area contributed by atoms with E-state index in [1.807, 2.05) is 0 Å². The van der Waals surface area contributed by atoms with Crippen molar-refractivity contribution in [3.8, 4) is 0 Å². The summed E-state index contributed by atoms with van der Waals surface area (Å²) < 4.78 is 46.5. The van der Waals surface area contributed by atoms with E-state index in [0.29, 0.717) is 75.1 Å². The van der Waals surface area contributed by atoms with Crippen LogP contribution in [-0.4, -0.2) is 106 Å². The van der Waals surface area contributed by atoms with Crippen molar-refractivity contribution in [2.45, 2.75) is 109 Å². The predicted octanol–water partition coefficient (Wildman–Crippen LogP) is 6.67. The van der Waals surface area contributed by atoms with Crippen LogP contribution in [0, 0.1) is 23.7 Å². The van der Waals surface area contributed by atoms with Gasteiger partial charge in [-0.3, -0.25) is 9.59 Å². The second kappa shape index (κ2) is 19.9. The first kappa shape index (κ1) is 42.4. The number of fused-ring (bicyclic) bond motifs is 1.